The van der Waals surface area contributed by atoms with Gasteiger partial charge < -0.3 is 10.4 Å². The second kappa shape index (κ2) is 7.14. The Morgan fingerprint density at radius 2 is 1.96 bits per heavy atom. The highest BCUT2D eigenvalue weighted by molar-refractivity contribution is 5.93. The molecule has 0 spiro atoms. The molecule has 0 aliphatic heterocycles. The third-order valence-corrected chi connectivity index (χ3v) is 7.27. The van der Waals surface area contributed by atoms with Crippen LogP contribution in [0.2, 0.25) is 0 Å². The van der Waals surface area contributed by atoms with Gasteiger partial charge in [0.15, 0.2) is 0 Å². The number of aliphatic carboxylic acids is 1. The van der Waals surface area contributed by atoms with E-state index in [9.17, 15) is 9.59 Å². The van der Waals surface area contributed by atoms with Crippen molar-refractivity contribution in [2.75, 3.05) is 6.54 Å². The lowest BCUT2D eigenvalue weighted by Gasteiger charge is -2.56. The van der Waals surface area contributed by atoms with Crippen LogP contribution in [0.4, 0.5) is 0 Å². The van der Waals surface area contributed by atoms with Crippen molar-refractivity contribution >= 4 is 11.9 Å². The second-order valence-corrected chi connectivity index (χ2v) is 8.94. The van der Waals surface area contributed by atoms with Crippen LogP contribution in [0, 0.1) is 25.2 Å². The van der Waals surface area contributed by atoms with Gasteiger partial charge in [-0.2, -0.15) is 0 Å². The highest BCUT2D eigenvalue weighted by Crippen LogP contribution is 2.57. The third-order valence-electron chi connectivity index (χ3n) is 7.27. The van der Waals surface area contributed by atoms with Crippen molar-refractivity contribution in [3.05, 3.63) is 46.5 Å². The molecule has 0 aromatic heterocycles. The van der Waals surface area contributed by atoms with Crippen LogP contribution in [0.5, 0.6) is 0 Å². The van der Waals surface area contributed by atoms with E-state index in [2.05, 4.69) is 45.1 Å². The van der Waals surface area contributed by atoms with Crippen molar-refractivity contribution in [2.24, 2.45) is 11.3 Å². The number of carbonyl (C=O) groups excluding carboxylic acids is 1. The molecule has 0 heterocycles. The first-order valence-electron chi connectivity index (χ1n) is 9.96. The standard InChI is InChI=1S/C23H31NO3/c1-15-6-8-18-17(16(15)2)7-9-19-22(3,12-5-13-23(18,19)4)14-24-20(25)10-11-21(26)27/h6,8,10-11,19H,5,7,9,12-14H2,1-4H3,(H,24,25)(H,26,27)/b11-10+. The molecule has 2 aliphatic rings. The van der Waals surface area contributed by atoms with Crippen molar-refractivity contribution in [2.45, 2.75) is 65.2 Å². The predicted molar refractivity (Wildman–Crippen MR) is 107 cm³/mol. The van der Waals surface area contributed by atoms with Crippen LogP contribution >= 0.6 is 0 Å². The Hall–Kier alpha value is -2.10. The number of benzene rings is 1. The maximum Gasteiger partial charge on any atom is 0.328 e. The van der Waals surface area contributed by atoms with Crippen LogP contribution in [0.3, 0.4) is 0 Å². The molecular weight excluding hydrogens is 338 g/mol. The molecule has 27 heavy (non-hydrogen) atoms. The molecule has 2 aliphatic carbocycles. The monoisotopic (exact) mass is 369 g/mol. The van der Waals surface area contributed by atoms with E-state index in [0.717, 1.165) is 37.8 Å². The number of aryl methyl sites for hydroxylation is 1. The maximum absolute atomic E-state index is 12.0. The van der Waals surface area contributed by atoms with Crippen molar-refractivity contribution in [3.8, 4) is 0 Å². The number of carboxylic acids is 1. The molecule has 2 N–H and O–H groups in total. The summed E-state index contributed by atoms with van der Waals surface area (Å²) in [6, 6.07) is 4.59. The normalized spacial score (nSPS) is 29.9. The van der Waals surface area contributed by atoms with Gasteiger partial charge in [0.25, 0.3) is 0 Å². The summed E-state index contributed by atoms with van der Waals surface area (Å²) in [5, 5.41) is 11.6. The third kappa shape index (κ3) is 3.54. The molecule has 3 unspecified atom stereocenters. The Labute approximate surface area is 162 Å². The molecule has 1 aromatic rings. The van der Waals surface area contributed by atoms with Crippen LogP contribution in [0.25, 0.3) is 0 Å². The van der Waals surface area contributed by atoms with Gasteiger partial charge in [0.05, 0.1) is 0 Å². The maximum atomic E-state index is 12.0. The Morgan fingerprint density at radius 3 is 2.67 bits per heavy atom. The number of amides is 1. The van der Waals surface area contributed by atoms with Crippen molar-refractivity contribution in [1.29, 1.82) is 0 Å². The van der Waals surface area contributed by atoms with Crippen LogP contribution in [-0.4, -0.2) is 23.5 Å². The fourth-order valence-electron chi connectivity index (χ4n) is 5.69. The van der Waals surface area contributed by atoms with Gasteiger partial charge in [-0.05, 0) is 78.5 Å². The van der Waals surface area contributed by atoms with Gasteiger partial charge in [-0.25, -0.2) is 4.79 Å². The summed E-state index contributed by atoms with van der Waals surface area (Å²) in [6.07, 6.45) is 7.68. The Balaban J connectivity index is 1.85. The molecule has 146 valence electrons. The van der Waals surface area contributed by atoms with E-state index in [4.69, 9.17) is 5.11 Å². The lowest BCUT2D eigenvalue weighted by molar-refractivity contribution is -0.131. The smallest absolute Gasteiger partial charge is 0.328 e. The van der Waals surface area contributed by atoms with Crippen LogP contribution in [-0.2, 0) is 21.4 Å². The van der Waals surface area contributed by atoms with Gasteiger partial charge in [-0.1, -0.05) is 32.4 Å². The average Bonchev–Trinajstić information content (AvgIpc) is 2.61. The summed E-state index contributed by atoms with van der Waals surface area (Å²) in [5.74, 6) is -0.915. The summed E-state index contributed by atoms with van der Waals surface area (Å²) in [4.78, 5) is 22.6. The van der Waals surface area contributed by atoms with Crippen molar-refractivity contribution < 1.29 is 14.7 Å². The zero-order valence-electron chi connectivity index (χ0n) is 16.9. The predicted octanol–water partition coefficient (Wildman–Crippen LogP) is 4.07. The Kier molecular flexibility index (Phi) is 5.20. The molecule has 3 atom stereocenters. The fourth-order valence-corrected chi connectivity index (χ4v) is 5.69. The zero-order valence-corrected chi connectivity index (χ0v) is 16.9. The van der Waals surface area contributed by atoms with Gasteiger partial charge >= 0.3 is 5.97 Å². The van der Waals surface area contributed by atoms with E-state index in [1.807, 2.05) is 0 Å². The van der Waals surface area contributed by atoms with Gasteiger partial charge in [0, 0.05) is 18.7 Å². The van der Waals surface area contributed by atoms with Gasteiger partial charge in [0.2, 0.25) is 5.91 Å². The highest BCUT2D eigenvalue weighted by atomic mass is 16.4. The number of fused-ring (bicyclic) bond motifs is 3. The SMILES string of the molecule is Cc1ccc2c(c1C)CCC1C(C)(CNC(=O)/C=C/C(=O)O)CCCC21C. The number of hydrogen-bond donors (Lipinski definition) is 2. The molecule has 0 saturated heterocycles. The molecule has 1 aromatic carbocycles. The molecule has 3 rings (SSSR count). The van der Waals surface area contributed by atoms with Gasteiger partial charge in [-0.3, -0.25) is 4.79 Å². The number of carbonyl (C=O) groups is 2. The first-order chi connectivity index (χ1) is 12.7. The van der Waals surface area contributed by atoms with E-state index in [0.29, 0.717) is 12.5 Å². The Morgan fingerprint density at radius 1 is 1.22 bits per heavy atom. The topological polar surface area (TPSA) is 66.4 Å². The number of carboxylic acid groups (broad SMARTS) is 1. The van der Waals surface area contributed by atoms with Crippen LogP contribution < -0.4 is 5.32 Å². The van der Waals surface area contributed by atoms with Gasteiger partial charge in [0.1, 0.15) is 0 Å². The van der Waals surface area contributed by atoms with E-state index in [1.54, 1.807) is 0 Å². The second-order valence-electron chi connectivity index (χ2n) is 8.94. The summed E-state index contributed by atoms with van der Waals surface area (Å²) >= 11 is 0. The average molecular weight is 370 g/mol. The van der Waals surface area contributed by atoms with Crippen LogP contribution in [0.1, 0.15) is 61.8 Å². The first kappa shape index (κ1) is 19.7. The highest BCUT2D eigenvalue weighted by Gasteiger charge is 2.51. The Bertz CT molecular complexity index is 797. The van der Waals surface area contributed by atoms with E-state index in [-0.39, 0.29) is 16.7 Å². The van der Waals surface area contributed by atoms with E-state index >= 15 is 0 Å². The summed E-state index contributed by atoms with van der Waals surface area (Å²) in [6.45, 7) is 9.73. The zero-order chi connectivity index (χ0) is 19.8. The summed E-state index contributed by atoms with van der Waals surface area (Å²) < 4.78 is 0. The molecular formula is C23H31NO3. The molecule has 0 radical (unpaired) electrons. The largest absolute Gasteiger partial charge is 0.478 e. The lowest BCUT2D eigenvalue weighted by atomic mass is 9.49. The molecule has 1 saturated carbocycles. The number of nitrogens with one attached hydrogen (secondary N) is 1. The van der Waals surface area contributed by atoms with E-state index in [1.165, 1.54) is 28.7 Å². The van der Waals surface area contributed by atoms with Crippen LogP contribution in [0.15, 0.2) is 24.3 Å². The molecule has 1 fully saturated rings. The summed E-state index contributed by atoms with van der Waals surface area (Å²) in [5.41, 5.74) is 6.01. The number of hydrogen-bond acceptors (Lipinski definition) is 2. The van der Waals surface area contributed by atoms with Crippen molar-refractivity contribution in [3.63, 3.8) is 0 Å². The minimum atomic E-state index is -1.10. The molecule has 4 nitrogen and oxygen atoms in total. The molecule has 1 amide bonds. The lowest BCUT2D eigenvalue weighted by Crippen LogP contribution is -2.53. The minimum Gasteiger partial charge on any atom is -0.478 e. The fraction of sp³-hybridized carbons (Fsp3) is 0.565. The number of rotatable bonds is 4. The first-order valence-corrected chi connectivity index (χ1v) is 9.96. The minimum absolute atomic E-state index is 0.0240. The molecule has 4 heteroatoms. The van der Waals surface area contributed by atoms with Crippen molar-refractivity contribution in [1.82, 2.24) is 5.32 Å². The van der Waals surface area contributed by atoms with E-state index < -0.39 is 5.97 Å². The van der Waals surface area contributed by atoms with Gasteiger partial charge in [-0.15, -0.1) is 0 Å². The summed E-state index contributed by atoms with van der Waals surface area (Å²) in [7, 11) is 0. The quantitative estimate of drug-likeness (QED) is 0.786. The molecule has 0 bridgehead atoms.